The van der Waals surface area contributed by atoms with Crippen molar-refractivity contribution in [3.05, 3.63) is 82.9 Å². The van der Waals surface area contributed by atoms with Crippen molar-refractivity contribution in [1.82, 2.24) is 0 Å². The van der Waals surface area contributed by atoms with Crippen LogP contribution in [0.25, 0.3) is 12.2 Å². The average Bonchev–Trinajstić information content (AvgIpc) is 3.00. The first-order valence-electron chi connectivity index (χ1n) is 8.54. The van der Waals surface area contributed by atoms with Crippen molar-refractivity contribution in [2.45, 2.75) is 15.5 Å². The summed E-state index contributed by atoms with van der Waals surface area (Å²) in [4.78, 5) is 0. The molecular formula is C21H22ClOZr. The van der Waals surface area contributed by atoms with E-state index in [2.05, 4.69) is 72.8 Å². The van der Waals surface area contributed by atoms with Gasteiger partial charge in [-0.15, -0.1) is 12.4 Å². The van der Waals surface area contributed by atoms with E-state index in [-0.39, 0.29) is 12.4 Å². The van der Waals surface area contributed by atoms with E-state index >= 15 is 0 Å². The second-order valence-corrected chi connectivity index (χ2v) is 22.6. The Morgan fingerprint density at radius 3 is 1.67 bits per heavy atom. The third kappa shape index (κ3) is 1.94. The largest absolute Gasteiger partial charge is 0.147 e. The van der Waals surface area contributed by atoms with Gasteiger partial charge in [-0.1, -0.05) is 0 Å². The van der Waals surface area contributed by atoms with E-state index in [4.69, 9.17) is 2.81 Å². The van der Waals surface area contributed by atoms with E-state index in [1.54, 1.807) is 0 Å². The van der Waals surface area contributed by atoms with Gasteiger partial charge in [-0.05, 0) is 0 Å². The van der Waals surface area contributed by atoms with Gasteiger partial charge in [-0.2, -0.15) is 0 Å². The van der Waals surface area contributed by atoms with Gasteiger partial charge in [0.15, 0.2) is 0 Å². The van der Waals surface area contributed by atoms with Crippen LogP contribution in [0.3, 0.4) is 0 Å². The summed E-state index contributed by atoms with van der Waals surface area (Å²) in [5.74, 6) is 0. The van der Waals surface area contributed by atoms with E-state index in [0.29, 0.717) is 7.25 Å². The molecule has 1 saturated heterocycles. The summed E-state index contributed by atoms with van der Waals surface area (Å²) in [5, 5.41) is 0. The third-order valence-corrected chi connectivity index (χ3v) is 24.1. The SMILES string of the molecule is C[O][Zr]1([CH]2C=Cc3ccccc32)([CH]2C=Cc3ccccc32)[CH2][CH2]1.Cl. The zero-order chi connectivity index (χ0) is 15.5. The van der Waals surface area contributed by atoms with Gasteiger partial charge in [0.25, 0.3) is 0 Å². The molecule has 2 aromatic rings. The summed E-state index contributed by atoms with van der Waals surface area (Å²) in [7, 11) is 2.00. The molecule has 1 nitrogen and oxygen atoms in total. The fraction of sp³-hybridized carbons (Fsp3) is 0.238. The number of allylic oxidation sites excluding steroid dienone is 2. The first-order valence-corrected chi connectivity index (χ1v) is 15.9. The fourth-order valence-corrected chi connectivity index (χ4v) is 25.8. The van der Waals surface area contributed by atoms with Crippen LogP contribution < -0.4 is 0 Å². The Morgan fingerprint density at radius 2 is 1.25 bits per heavy atom. The van der Waals surface area contributed by atoms with Crippen molar-refractivity contribution in [3.8, 4) is 0 Å². The van der Waals surface area contributed by atoms with Crippen LogP contribution in [0.4, 0.5) is 0 Å². The van der Waals surface area contributed by atoms with E-state index in [0.717, 1.165) is 0 Å². The summed E-state index contributed by atoms with van der Waals surface area (Å²) >= 11 is -3.35. The van der Waals surface area contributed by atoms with Crippen LogP contribution in [-0.4, -0.2) is 7.11 Å². The van der Waals surface area contributed by atoms with Gasteiger partial charge in [0.05, 0.1) is 0 Å². The first kappa shape index (κ1) is 16.5. The molecule has 0 N–H and O–H groups in total. The number of rotatable bonds is 3. The van der Waals surface area contributed by atoms with Gasteiger partial charge in [-0.25, -0.2) is 0 Å². The molecule has 24 heavy (non-hydrogen) atoms. The van der Waals surface area contributed by atoms with Crippen LogP contribution >= 0.6 is 12.4 Å². The molecule has 1 heterocycles. The van der Waals surface area contributed by atoms with E-state index in [1.807, 2.05) is 7.11 Å². The summed E-state index contributed by atoms with van der Waals surface area (Å²) in [6.07, 6.45) is 9.56. The molecule has 2 unspecified atom stereocenters. The van der Waals surface area contributed by atoms with Crippen molar-refractivity contribution in [2.24, 2.45) is 0 Å². The Labute approximate surface area is 151 Å². The molecule has 2 aliphatic carbocycles. The number of hydrogen-bond donors (Lipinski definition) is 0. The van der Waals surface area contributed by atoms with Gasteiger partial charge < -0.3 is 0 Å². The van der Waals surface area contributed by atoms with Crippen molar-refractivity contribution in [1.29, 1.82) is 0 Å². The molecule has 1 aliphatic heterocycles. The first-order chi connectivity index (χ1) is 11.3. The maximum atomic E-state index is 6.63. The van der Waals surface area contributed by atoms with Gasteiger partial charge in [-0.3, -0.25) is 0 Å². The van der Waals surface area contributed by atoms with Crippen molar-refractivity contribution in [2.75, 3.05) is 7.11 Å². The van der Waals surface area contributed by atoms with Gasteiger partial charge in [0.2, 0.25) is 0 Å². The van der Waals surface area contributed by atoms with Crippen LogP contribution in [0.15, 0.2) is 60.7 Å². The Kier molecular flexibility index (Phi) is 3.80. The molecule has 0 radical (unpaired) electrons. The topological polar surface area (TPSA) is 9.23 Å². The molecule has 123 valence electrons. The Balaban J connectivity index is 0.00000146. The normalized spacial score (nSPS) is 28.3. The predicted molar refractivity (Wildman–Crippen MR) is 100 cm³/mol. The minimum absolute atomic E-state index is 0. The predicted octanol–water partition coefficient (Wildman–Crippen LogP) is 6.05. The van der Waals surface area contributed by atoms with Crippen LogP contribution in [-0.2, 0) is 22.0 Å². The van der Waals surface area contributed by atoms with Crippen LogP contribution in [0.1, 0.15) is 29.5 Å². The average molecular weight is 417 g/mol. The maximum absolute atomic E-state index is 6.63. The molecule has 0 amide bonds. The minimum atomic E-state index is -3.35. The summed E-state index contributed by atoms with van der Waals surface area (Å²) in [6, 6.07) is 17.8. The molecule has 5 rings (SSSR count). The van der Waals surface area contributed by atoms with Crippen molar-refractivity contribution < 1.29 is 22.0 Å². The van der Waals surface area contributed by atoms with Gasteiger partial charge >= 0.3 is 140 Å². The second-order valence-electron chi connectivity index (χ2n) is 7.39. The Hall–Kier alpha value is -0.947. The fourth-order valence-electron chi connectivity index (χ4n) is 5.18. The molecule has 0 aromatic heterocycles. The smallest absolute Gasteiger partial charge is 0.147 e. The van der Waals surface area contributed by atoms with Gasteiger partial charge in [0.1, 0.15) is 0 Å². The maximum Gasteiger partial charge on any atom is -0.147 e. The van der Waals surface area contributed by atoms with Crippen molar-refractivity contribution >= 4 is 24.6 Å². The molecule has 0 bridgehead atoms. The van der Waals surface area contributed by atoms with Crippen molar-refractivity contribution in [3.63, 3.8) is 0 Å². The minimum Gasteiger partial charge on any atom is -0.147 e. The summed E-state index contributed by atoms with van der Waals surface area (Å²) < 4.78 is 10.4. The Morgan fingerprint density at radius 1 is 0.792 bits per heavy atom. The number of fused-ring (bicyclic) bond motifs is 2. The van der Waals surface area contributed by atoms with E-state index in [1.165, 1.54) is 30.5 Å². The van der Waals surface area contributed by atoms with E-state index in [9.17, 15) is 0 Å². The monoisotopic (exact) mass is 415 g/mol. The molecule has 3 heteroatoms. The molecule has 2 aromatic carbocycles. The number of benzene rings is 2. The molecule has 2 atom stereocenters. The zero-order valence-electron chi connectivity index (χ0n) is 13.8. The quantitative estimate of drug-likeness (QED) is 0.592. The third-order valence-electron chi connectivity index (χ3n) is 6.65. The molecular weight excluding hydrogens is 395 g/mol. The summed E-state index contributed by atoms with van der Waals surface area (Å²) in [6.45, 7) is 0. The van der Waals surface area contributed by atoms with Crippen LogP contribution in [0.5, 0.6) is 0 Å². The molecule has 0 spiro atoms. The number of halogens is 1. The van der Waals surface area contributed by atoms with Gasteiger partial charge in [0, 0.05) is 0 Å². The Bertz CT molecular complexity index is 800. The summed E-state index contributed by atoms with van der Waals surface area (Å²) in [5.41, 5.74) is 5.81. The van der Waals surface area contributed by atoms with E-state index < -0.39 is 19.2 Å². The second kappa shape index (κ2) is 5.53. The molecule has 0 saturated carbocycles. The van der Waals surface area contributed by atoms with Crippen LogP contribution in [0, 0.1) is 0 Å². The molecule has 1 fully saturated rings. The molecule has 3 aliphatic rings. The van der Waals surface area contributed by atoms with Crippen LogP contribution in [0.2, 0.25) is 8.26 Å². The zero-order valence-corrected chi connectivity index (χ0v) is 17.1. The standard InChI is InChI=1S/2C9H7.C2H4.CH3O.ClH.Zr/c2*1-2-5-9-7-3-6-8(9)4-1;2*1-2;;/h2*1-7H;1-2H2;1H3;1H;/q;;;-1;;+1. The number of hydrogen-bond acceptors (Lipinski definition) is 1.